The number of carbonyl (C=O) groups is 10. The maximum absolute atomic E-state index is 13.9. The number of aliphatic imine (C=N–C) groups is 1. The summed E-state index contributed by atoms with van der Waals surface area (Å²) in [6, 6.07) is 0.325. The van der Waals surface area contributed by atoms with Gasteiger partial charge in [0.15, 0.2) is 5.96 Å². The average molecular weight is 830 g/mol. The summed E-state index contributed by atoms with van der Waals surface area (Å²) >= 11 is 0. The zero-order valence-electron chi connectivity index (χ0n) is 33.0. The van der Waals surface area contributed by atoms with Crippen molar-refractivity contribution in [2.24, 2.45) is 27.9 Å². The zero-order chi connectivity index (χ0) is 44.1. The lowest BCUT2D eigenvalue weighted by Crippen LogP contribution is -2.59. The normalized spacial score (nSPS) is 22.3. The second kappa shape index (κ2) is 24.7. The standard InChI is InChI=1S/C36H55N13O10/c1-19-31(55)46-22(30(38)54)12-13-28(52)41-14-6-11-24(47-33(57)23(45-20(2)50)10-7-15-42-36(39)40)34(58)49-26(17-27(37)51)35(59)48-25(16-21-8-4-3-5-9-21)32(56)43-18-29(53)44-19/h3-5,8-9,19,22-26H,6-7,10-18H2,1-2H3,(H2,37,51)(H2,38,54)(H,41,52)(H,43,56)(H,44,53)(H,45,50)(H,46,55)(H,47,57)(H,48,59)(H,49,58)(H4,39,40,42)/t19-,22?,23?,24?,25?,26-/m0/s1. The van der Waals surface area contributed by atoms with Crippen LogP contribution < -0.4 is 65.5 Å². The number of carbonyl (C=O) groups excluding carboxylic acids is 10. The molecule has 324 valence electrons. The lowest BCUT2D eigenvalue weighted by molar-refractivity contribution is -0.135. The van der Waals surface area contributed by atoms with Crippen molar-refractivity contribution in [1.82, 2.24) is 42.5 Å². The monoisotopic (exact) mass is 829 g/mol. The molecule has 4 unspecified atom stereocenters. The second-order valence-corrected chi connectivity index (χ2v) is 13.7. The minimum Gasteiger partial charge on any atom is -0.370 e. The number of benzene rings is 1. The number of nitrogens with one attached hydrogen (secondary N) is 8. The van der Waals surface area contributed by atoms with Gasteiger partial charge in [-0.25, -0.2) is 0 Å². The number of rotatable bonds is 12. The van der Waals surface area contributed by atoms with Crippen molar-refractivity contribution in [1.29, 1.82) is 0 Å². The highest BCUT2D eigenvalue weighted by Gasteiger charge is 2.32. The van der Waals surface area contributed by atoms with E-state index in [9.17, 15) is 47.9 Å². The van der Waals surface area contributed by atoms with Crippen LogP contribution in [0.3, 0.4) is 0 Å². The Kier molecular flexibility index (Phi) is 20.3. The van der Waals surface area contributed by atoms with Crippen LogP contribution in [-0.4, -0.2) is 121 Å². The van der Waals surface area contributed by atoms with Gasteiger partial charge in [0.1, 0.15) is 36.3 Å². The third kappa shape index (κ3) is 18.8. The first-order valence-corrected chi connectivity index (χ1v) is 18.9. The van der Waals surface area contributed by atoms with Gasteiger partial charge < -0.3 is 65.5 Å². The Balaban J connectivity index is 2.49. The molecular formula is C36H55N13O10. The molecule has 1 heterocycles. The molecule has 6 atom stereocenters. The van der Waals surface area contributed by atoms with E-state index in [4.69, 9.17) is 22.9 Å². The van der Waals surface area contributed by atoms with Gasteiger partial charge in [-0.05, 0) is 44.6 Å². The molecule has 0 aromatic heterocycles. The zero-order valence-corrected chi connectivity index (χ0v) is 33.0. The molecule has 1 aromatic rings. The lowest BCUT2D eigenvalue weighted by Gasteiger charge is -2.26. The summed E-state index contributed by atoms with van der Waals surface area (Å²) in [6.45, 7) is 1.92. The Bertz CT molecular complexity index is 1720. The second-order valence-electron chi connectivity index (χ2n) is 13.7. The molecule has 10 amide bonds. The summed E-state index contributed by atoms with van der Waals surface area (Å²) in [5, 5.41) is 19.7. The van der Waals surface area contributed by atoms with Gasteiger partial charge in [-0.15, -0.1) is 0 Å². The molecule has 1 saturated heterocycles. The fourth-order valence-corrected chi connectivity index (χ4v) is 5.70. The van der Waals surface area contributed by atoms with Gasteiger partial charge in [0.2, 0.25) is 59.1 Å². The van der Waals surface area contributed by atoms with Crippen LogP contribution in [0, 0.1) is 0 Å². The first-order valence-electron chi connectivity index (χ1n) is 18.9. The van der Waals surface area contributed by atoms with Gasteiger partial charge in [0.05, 0.1) is 13.0 Å². The summed E-state index contributed by atoms with van der Waals surface area (Å²) in [4.78, 5) is 133. The van der Waals surface area contributed by atoms with Crippen molar-refractivity contribution in [3.05, 3.63) is 35.9 Å². The molecule has 2 rings (SSSR count). The van der Waals surface area contributed by atoms with E-state index in [-0.39, 0.29) is 64.0 Å². The van der Waals surface area contributed by atoms with Gasteiger partial charge in [-0.1, -0.05) is 30.3 Å². The van der Waals surface area contributed by atoms with Crippen molar-refractivity contribution in [2.75, 3.05) is 19.6 Å². The quantitative estimate of drug-likeness (QED) is 0.0533. The number of amides is 10. The summed E-state index contributed by atoms with van der Waals surface area (Å²) in [6.07, 6.45) is -1.11. The molecule has 0 spiro atoms. The van der Waals surface area contributed by atoms with Crippen LogP contribution in [0.5, 0.6) is 0 Å². The number of nitrogens with two attached hydrogens (primary N) is 4. The van der Waals surface area contributed by atoms with Crippen LogP contribution in [0.1, 0.15) is 64.4 Å². The largest absolute Gasteiger partial charge is 0.370 e. The van der Waals surface area contributed by atoms with Gasteiger partial charge in [0, 0.05) is 32.9 Å². The molecule has 16 N–H and O–H groups in total. The molecule has 59 heavy (non-hydrogen) atoms. The number of primary amides is 2. The third-order valence-electron chi connectivity index (χ3n) is 8.73. The predicted octanol–water partition coefficient (Wildman–Crippen LogP) is -5.60. The van der Waals surface area contributed by atoms with Crippen LogP contribution in [-0.2, 0) is 54.4 Å². The highest BCUT2D eigenvalue weighted by Crippen LogP contribution is 2.08. The molecule has 1 aliphatic rings. The van der Waals surface area contributed by atoms with Crippen molar-refractivity contribution in [3.63, 3.8) is 0 Å². The molecule has 23 nitrogen and oxygen atoms in total. The van der Waals surface area contributed by atoms with E-state index < -0.39 is 108 Å². The van der Waals surface area contributed by atoms with Crippen LogP contribution >= 0.6 is 0 Å². The molecular weight excluding hydrogens is 774 g/mol. The molecule has 1 aliphatic heterocycles. The maximum Gasteiger partial charge on any atom is 0.243 e. The Morgan fingerprint density at radius 1 is 0.814 bits per heavy atom. The van der Waals surface area contributed by atoms with Crippen LogP contribution in [0.4, 0.5) is 0 Å². The van der Waals surface area contributed by atoms with Gasteiger partial charge in [-0.3, -0.25) is 52.9 Å². The Morgan fingerprint density at radius 3 is 2.12 bits per heavy atom. The number of guanidine groups is 1. The molecule has 0 radical (unpaired) electrons. The van der Waals surface area contributed by atoms with E-state index >= 15 is 0 Å². The Labute approximate surface area is 340 Å². The minimum absolute atomic E-state index is 0.0513. The van der Waals surface area contributed by atoms with E-state index in [0.717, 1.165) is 0 Å². The Hall–Kier alpha value is -6.81. The van der Waals surface area contributed by atoms with Crippen molar-refractivity contribution in [2.45, 2.75) is 101 Å². The van der Waals surface area contributed by atoms with Gasteiger partial charge in [-0.2, -0.15) is 0 Å². The SMILES string of the molecule is CC(=O)NC(CCCN=C(N)N)C(=O)NC1CCCNC(=O)CCC(C(N)=O)NC(=O)[C@H](C)NC(=O)CNC(=O)C(Cc2ccccc2)NC(=O)[C@H](CC(N)=O)NC1=O. The van der Waals surface area contributed by atoms with Gasteiger partial charge in [0.25, 0.3) is 0 Å². The van der Waals surface area contributed by atoms with E-state index in [1.165, 1.54) is 13.8 Å². The summed E-state index contributed by atoms with van der Waals surface area (Å²) in [5.41, 5.74) is 22.2. The highest BCUT2D eigenvalue weighted by molar-refractivity contribution is 5.98. The summed E-state index contributed by atoms with van der Waals surface area (Å²) in [7, 11) is 0. The van der Waals surface area contributed by atoms with Crippen LogP contribution in [0.2, 0.25) is 0 Å². The van der Waals surface area contributed by atoms with Crippen molar-refractivity contribution >= 4 is 65.0 Å². The first-order chi connectivity index (χ1) is 27.9. The molecule has 0 aliphatic carbocycles. The summed E-state index contributed by atoms with van der Waals surface area (Å²) in [5.74, 6) is -8.48. The maximum atomic E-state index is 13.9. The van der Waals surface area contributed by atoms with E-state index in [0.29, 0.717) is 5.56 Å². The third-order valence-corrected chi connectivity index (χ3v) is 8.73. The highest BCUT2D eigenvalue weighted by atomic mass is 16.2. The first kappa shape index (κ1) is 48.3. The van der Waals surface area contributed by atoms with E-state index in [1.807, 2.05) is 0 Å². The van der Waals surface area contributed by atoms with Crippen molar-refractivity contribution in [3.8, 4) is 0 Å². The number of hydrogen-bond donors (Lipinski definition) is 12. The Morgan fingerprint density at radius 2 is 1.49 bits per heavy atom. The smallest absolute Gasteiger partial charge is 0.243 e. The summed E-state index contributed by atoms with van der Waals surface area (Å²) < 4.78 is 0. The lowest BCUT2D eigenvalue weighted by atomic mass is 10.0. The topological polar surface area (TPSA) is 383 Å². The molecule has 0 bridgehead atoms. The van der Waals surface area contributed by atoms with Crippen LogP contribution in [0.25, 0.3) is 0 Å². The molecule has 1 aromatic carbocycles. The minimum atomic E-state index is -1.67. The molecule has 23 heteroatoms. The molecule has 1 fully saturated rings. The van der Waals surface area contributed by atoms with Crippen LogP contribution in [0.15, 0.2) is 35.3 Å². The van der Waals surface area contributed by atoms with E-state index in [2.05, 4.69) is 47.5 Å². The fraction of sp³-hybridized carbons (Fsp3) is 0.528. The fourth-order valence-electron chi connectivity index (χ4n) is 5.70. The van der Waals surface area contributed by atoms with Crippen molar-refractivity contribution < 1.29 is 47.9 Å². The van der Waals surface area contributed by atoms with E-state index in [1.54, 1.807) is 30.3 Å². The van der Waals surface area contributed by atoms with Gasteiger partial charge >= 0.3 is 0 Å². The predicted molar refractivity (Wildman–Crippen MR) is 210 cm³/mol. The molecule has 0 saturated carbocycles. The number of hydrogen-bond acceptors (Lipinski definition) is 11. The number of nitrogens with zero attached hydrogens (tertiary/aromatic N) is 1. The average Bonchev–Trinajstić information content (AvgIpc) is 3.16.